The smallest absolute Gasteiger partial charge is 0.329 e. The molecule has 0 spiro atoms. The van der Waals surface area contributed by atoms with Crippen molar-refractivity contribution in [1.29, 1.82) is 0 Å². The van der Waals surface area contributed by atoms with Gasteiger partial charge in [0.25, 0.3) is 0 Å². The van der Waals surface area contributed by atoms with Crippen LogP contribution in [0, 0.1) is 0 Å². The van der Waals surface area contributed by atoms with Gasteiger partial charge in [-0.1, -0.05) is 0 Å². The van der Waals surface area contributed by atoms with E-state index in [1.54, 1.807) is 6.92 Å². The van der Waals surface area contributed by atoms with Gasteiger partial charge >= 0.3 is 6.18 Å². The maximum atomic E-state index is 12.3. The number of nitrogens with two attached hydrogens (primary N) is 1. The van der Waals surface area contributed by atoms with Crippen LogP contribution in [0.15, 0.2) is 23.2 Å². The van der Waals surface area contributed by atoms with E-state index >= 15 is 0 Å². The summed E-state index contributed by atoms with van der Waals surface area (Å²) in [4.78, 5) is 2.82. The lowest BCUT2D eigenvalue weighted by Gasteiger charge is -2.22. The molecule has 0 bridgehead atoms. The number of pyridine rings is 1. The first kappa shape index (κ1) is 15.9. The zero-order valence-corrected chi connectivity index (χ0v) is 11.2. The van der Waals surface area contributed by atoms with Gasteiger partial charge in [0.2, 0.25) is 10.0 Å². The molecule has 1 unspecified atom stereocenters. The van der Waals surface area contributed by atoms with Crippen LogP contribution in [0.5, 0.6) is 0 Å². The zero-order valence-electron chi connectivity index (χ0n) is 10.3. The molecule has 1 rings (SSSR count). The van der Waals surface area contributed by atoms with Gasteiger partial charge in [-0.25, -0.2) is 8.42 Å². The first-order valence-corrected chi connectivity index (χ1v) is 6.76. The van der Waals surface area contributed by atoms with Crippen LogP contribution in [0.2, 0.25) is 0 Å². The van der Waals surface area contributed by atoms with Crippen molar-refractivity contribution < 1.29 is 21.6 Å². The van der Waals surface area contributed by atoms with Crippen molar-refractivity contribution in [3.05, 3.63) is 24.0 Å². The Morgan fingerprint density at radius 2 is 2.00 bits per heavy atom. The Kier molecular flexibility index (Phi) is 4.54. The zero-order chi connectivity index (χ0) is 14.8. The standard InChI is InChI=1S/C10H14F3N3O2S/c1-7(5-14)16(2)19(17,18)8-3-4-9(15-6-8)10(11,12)13/h3-4,6-7H,5,14H2,1-2H3. The van der Waals surface area contributed by atoms with Gasteiger partial charge in [-0.15, -0.1) is 0 Å². The average molecular weight is 297 g/mol. The van der Waals surface area contributed by atoms with E-state index in [1.807, 2.05) is 0 Å². The van der Waals surface area contributed by atoms with Crippen LogP contribution in [0.4, 0.5) is 13.2 Å². The fourth-order valence-electron chi connectivity index (χ4n) is 1.25. The van der Waals surface area contributed by atoms with Gasteiger partial charge < -0.3 is 5.73 Å². The van der Waals surface area contributed by atoms with Crippen molar-refractivity contribution in [3.8, 4) is 0 Å². The van der Waals surface area contributed by atoms with E-state index in [2.05, 4.69) is 4.98 Å². The van der Waals surface area contributed by atoms with Gasteiger partial charge in [0, 0.05) is 25.8 Å². The molecule has 108 valence electrons. The number of hydrogen-bond acceptors (Lipinski definition) is 4. The maximum Gasteiger partial charge on any atom is 0.433 e. The average Bonchev–Trinajstić information content (AvgIpc) is 2.36. The quantitative estimate of drug-likeness (QED) is 0.902. The van der Waals surface area contributed by atoms with Crippen LogP contribution in [0.3, 0.4) is 0 Å². The Morgan fingerprint density at radius 1 is 1.42 bits per heavy atom. The van der Waals surface area contributed by atoms with Gasteiger partial charge in [0.15, 0.2) is 0 Å². The SMILES string of the molecule is CC(CN)N(C)S(=O)(=O)c1ccc(C(F)(F)F)nc1. The second kappa shape index (κ2) is 5.43. The minimum atomic E-state index is -4.60. The summed E-state index contributed by atoms with van der Waals surface area (Å²) in [5.41, 5.74) is 4.22. The summed E-state index contributed by atoms with van der Waals surface area (Å²) in [6.07, 6.45) is -3.91. The first-order valence-electron chi connectivity index (χ1n) is 5.32. The largest absolute Gasteiger partial charge is 0.433 e. The number of halogens is 3. The summed E-state index contributed by atoms with van der Waals surface area (Å²) in [6, 6.07) is 1.05. The van der Waals surface area contributed by atoms with E-state index in [1.165, 1.54) is 7.05 Å². The first-order chi connectivity index (χ1) is 8.60. The molecule has 5 nitrogen and oxygen atoms in total. The Morgan fingerprint density at radius 3 is 2.37 bits per heavy atom. The van der Waals surface area contributed by atoms with Crippen LogP contribution < -0.4 is 5.73 Å². The molecule has 19 heavy (non-hydrogen) atoms. The van der Waals surface area contributed by atoms with E-state index in [9.17, 15) is 21.6 Å². The van der Waals surface area contributed by atoms with E-state index in [-0.39, 0.29) is 11.4 Å². The number of aromatic nitrogens is 1. The molecule has 0 saturated carbocycles. The van der Waals surface area contributed by atoms with Crippen molar-refractivity contribution in [1.82, 2.24) is 9.29 Å². The van der Waals surface area contributed by atoms with Gasteiger partial charge in [0.05, 0.1) is 0 Å². The Labute approximate surface area is 109 Å². The third kappa shape index (κ3) is 3.43. The van der Waals surface area contributed by atoms with E-state index < -0.39 is 27.9 Å². The number of rotatable bonds is 4. The van der Waals surface area contributed by atoms with Gasteiger partial charge in [-0.3, -0.25) is 4.98 Å². The highest BCUT2D eigenvalue weighted by Crippen LogP contribution is 2.28. The van der Waals surface area contributed by atoms with Crippen molar-refractivity contribution in [3.63, 3.8) is 0 Å². The molecule has 9 heteroatoms. The second-order valence-corrected chi connectivity index (χ2v) is 5.98. The summed E-state index contributed by atoms with van der Waals surface area (Å²) in [7, 11) is -2.58. The second-order valence-electron chi connectivity index (χ2n) is 3.98. The molecule has 0 aliphatic heterocycles. The van der Waals surface area contributed by atoms with Crippen molar-refractivity contribution in [2.75, 3.05) is 13.6 Å². The summed E-state index contributed by atoms with van der Waals surface area (Å²) in [5, 5.41) is 0. The highest BCUT2D eigenvalue weighted by Gasteiger charge is 2.33. The third-order valence-electron chi connectivity index (χ3n) is 2.67. The molecule has 0 amide bonds. The Balaban J connectivity index is 3.10. The molecular weight excluding hydrogens is 283 g/mol. The molecule has 1 heterocycles. The maximum absolute atomic E-state index is 12.3. The molecule has 0 saturated heterocycles. The third-order valence-corrected chi connectivity index (χ3v) is 4.62. The number of likely N-dealkylation sites (N-methyl/N-ethyl adjacent to an activating group) is 1. The van der Waals surface area contributed by atoms with E-state index in [0.717, 1.165) is 10.4 Å². The highest BCUT2D eigenvalue weighted by molar-refractivity contribution is 7.89. The molecule has 0 fully saturated rings. The molecule has 0 aliphatic rings. The lowest BCUT2D eigenvalue weighted by molar-refractivity contribution is -0.141. The predicted molar refractivity (Wildman–Crippen MR) is 62.7 cm³/mol. The van der Waals surface area contributed by atoms with Crippen molar-refractivity contribution in [2.45, 2.75) is 24.0 Å². The fraction of sp³-hybridized carbons (Fsp3) is 0.500. The summed E-state index contributed by atoms with van der Waals surface area (Å²) >= 11 is 0. The van der Waals surface area contributed by atoms with Gasteiger partial charge in [-0.05, 0) is 19.1 Å². The number of sulfonamides is 1. The van der Waals surface area contributed by atoms with E-state index in [0.29, 0.717) is 12.3 Å². The van der Waals surface area contributed by atoms with Crippen molar-refractivity contribution >= 4 is 10.0 Å². The van der Waals surface area contributed by atoms with Gasteiger partial charge in [-0.2, -0.15) is 17.5 Å². The number of nitrogens with zero attached hydrogens (tertiary/aromatic N) is 2. The number of alkyl halides is 3. The predicted octanol–water partition coefficient (Wildman–Crippen LogP) is 1.07. The van der Waals surface area contributed by atoms with Gasteiger partial charge in [0.1, 0.15) is 10.6 Å². The minimum absolute atomic E-state index is 0.101. The molecule has 0 aromatic carbocycles. The minimum Gasteiger partial charge on any atom is -0.329 e. The lowest BCUT2D eigenvalue weighted by Crippen LogP contribution is -2.39. The molecule has 0 radical (unpaired) electrons. The Bertz CT molecular complexity index is 528. The molecule has 1 aromatic heterocycles. The lowest BCUT2D eigenvalue weighted by atomic mass is 10.3. The van der Waals surface area contributed by atoms with Crippen molar-refractivity contribution in [2.24, 2.45) is 5.73 Å². The molecular formula is C10H14F3N3O2S. The highest BCUT2D eigenvalue weighted by atomic mass is 32.2. The monoisotopic (exact) mass is 297 g/mol. The fourth-order valence-corrected chi connectivity index (χ4v) is 2.57. The summed E-state index contributed by atoms with van der Waals surface area (Å²) < 4.78 is 62.0. The summed E-state index contributed by atoms with van der Waals surface area (Å²) in [6.45, 7) is 1.69. The molecule has 2 N–H and O–H groups in total. The van der Waals surface area contributed by atoms with Crippen LogP contribution in [0.1, 0.15) is 12.6 Å². The number of hydrogen-bond donors (Lipinski definition) is 1. The topological polar surface area (TPSA) is 76.3 Å². The molecule has 0 aliphatic carbocycles. The Hall–Kier alpha value is -1.19. The molecule has 1 aromatic rings. The van der Waals surface area contributed by atoms with E-state index in [4.69, 9.17) is 5.73 Å². The molecule has 1 atom stereocenters. The normalized spacial score (nSPS) is 14.7. The van der Waals surface area contributed by atoms with Crippen LogP contribution in [0.25, 0.3) is 0 Å². The van der Waals surface area contributed by atoms with Crippen LogP contribution in [-0.2, 0) is 16.2 Å². The summed E-state index contributed by atoms with van der Waals surface area (Å²) in [5.74, 6) is 0. The van der Waals surface area contributed by atoms with Crippen LogP contribution >= 0.6 is 0 Å². The van der Waals surface area contributed by atoms with Crippen LogP contribution in [-0.4, -0.2) is 37.3 Å².